The van der Waals surface area contributed by atoms with Gasteiger partial charge in [0, 0.05) is 4.90 Å². The Labute approximate surface area is 122 Å². The average Bonchev–Trinajstić information content (AvgIpc) is 2.49. The van der Waals surface area contributed by atoms with Crippen molar-refractivity contribution in [2.75, 3.05) is 0 Å². The molecule has 0 aliphatic rings. The molecule has 0 fully saturated rings. The molecule has 3 N–H and O–H groups in total. The van der Waals surface area contributed by atoms with E-state index in [-0.39, 0.29) is 0 Å². The Bertz CT molecular complexity index is 589. The molecule has 0 aromatic heterocycles. The van der Waals surface area contributed by atoms with Crippen LogP contribution in [-0.2, 0) is 4.79 Å². The first-order valence-corrected chi connectivity index (χ1v) is 6.52. The van der Waals surface area contributed by atoms with Crippen molar-refractivity contribution in [3.63, 3.8) is 0 Å². The first-order chi connectivity index (χ1) is 9.59. The number of hydrogen-bond donors (Lipinski definition) is 3. The van der Waals surface area contributed by atoms with Gasteiger partial charge in [0.05, 0.1) is 6.04 Å². The minimum atomic E-state index is -1.44. The van der Waals surface area contributed by atoms with Gasteiger partial charge in [-0.1, -0.05) is 42.5 Å². The zero-order valence-corrected chi connectivity index (χ0v) is 11.5. The Hall–Kier alpha value is -1.82. The number of rotatable bonds is 4. The highest BCUT2D eigenvalue weighted by Crippen LogP contribution is 2.23. The first kappa shape index (κ1) is 14.6. The van der Waals surface area contributed by atoms with Gasteiger partial charge >= 0.3 is 5.97 Å². The van der Waals surface area contributed by atoms with E-state index in [9.17, 15) is 9.90 Å². The molecule has 0 radical (unpaired) electrons. The van der Waals surface area contributed by atoms with Crippen LogP contribution >= 0.6 is 12.6 Å². The van der Waals surface area contributed by atoms with Gasteiger partial charge in [-0.2, -0.15) is 0 Å². The fourth-order valence-electron chi connectivity index (χ4n) is 1.72. The van der Waals surface area contributed by atoms with E-state index in [0.29, 0.717) is 16.2 Å². The minimum Gasteiger partial charge on any atom is -0.423 e. The summed E-state index contributed by atoms with van der Waals surface area (Å²) in [6, 6.07) is 14.8. The van der Waals surface area contributed by atoms with E-state index in [2.05, 4.69) is 12.6 Å². The minimum absolute atomic E-state index is 0.292. The van der Waals surface area contributed by atoms with Gasteiger partial charge in [-0.3, -0.25) is 0 Å². The summed E-state index contributed by atoms with van der Waals surface area (Å²) in [4.78, 5) is 12.4. The fourth-order valence-corrected chi connectivity index (χ4v) is 1.92. The van der Waals surface area contributed by atoms with Crippen LogP contribution in [0.15, 0.2) is 59.5 Å². The highest BCUT2D eigenvalue weighted by Gasteiger charge is 2.26. The number of nitrogens with two attached hydrogens (primary N) is 1. The lowest BCUT2D eigenvalue weighted by Gasteiger charge is -2.18. The van der Waals surface area contributed by atoms with Gasteiger partial charge in [0.25, 0.3) is 0 Å². The summed E-state index contributed by atoms with van der Waals surface area (Å²) >= 11 is 4.17. The largest absolute Gasteiger partial charge is 0.423 e. The molecule has 0 heterocycles. The van der Waals surface area contributed by atoms with Gasteiger partial charge in [-0.15, -0.1) is 12.6 Å². The van der Waals surface area contributed by atoms with Crippen molar-refractivity contribution >= 4 is 18.6 Å². The van der Waals surface area contributed by atoms with Crippen molar-refractivity contribution in [1.29, 1.82) is 0 Å². The summed E-state index contributed by atoms with van der Waals surface area (Å²) in [5.74, 6) is -0.511. The summed E-state index contributed by atoms with van der Waals surface area (Å²) in [5, 5.41) is 9.97. The Morgan fingerprint density at radius 1 is 1.10 bits per heavy atom. The number of aliphatic hydroxyl groups excluding tert-OH is 1. The number of hydrogen-bond acceptors (Lipinski definition) is 5. The molecule has 0 amide bonds. The summed E-state index contributed by atoms with van der Waals surface area (Å²) in [6.45, 7) is 0. The normalized spacial score (nSPS) is 13.6. The molecule has 0 spiro atoms. The van der Waals surface area contributed by atoms with Crippen molar-refractivity contribution in [2.24, 2.45) is 5.73 Å². The van der Waals surface area contributed by atoms with E-state index in [1.165, 1.54) is 0 Å². The molecule has 2 rings (SSSR count). The Morgan fingerprint density at radius 2 is 1.70 bits per heavy atom. The third kappa shape index (κ3) is 3.39. The summed E-state index contributed by atoms with van der Waals surface area (Å²) in [7, 11) is 0. The molecule has 104 valence electrons. The van der Waals surface area contributed by atoms with Crippen molar-refractivity contribution in [1.82, 2.24) is 0 Å². The van der Waals surface area contributed by atoms with E-state index < -0.39 is 18.1 Å². The van der Waals surface area contributed by atoms with E-state index >= 15 is 0 Å². The third-order valence-corrected chi connectivity index (χ3v) is 3.21. The summed E-state index contributed by atoms with van der Waals surface area (Å²) < 4.78 is 5.10. The van der Waals surface area contributed by atoms with Gasteiger partial charge in [-0.25, -0.2) is 4.79 Å². The molecule has 0 saturated heterocycles. The van der Waals surface area contributed by atoms with Crippen LogP contribution in [0.3, 0.4) is 0 Å². The van der Waals surface area contributed by atoms with Crippen molar-refractivity contribution < 1.29 is 14.6 Å². The van der Waals surface area contributed by atoms with Crippen LogP contribution in [0, 0.1) is 0 Å². The summed E-state index contributed by atoms with van der Waals surface area (Å²) in [6.07, 6.45) is -1.44. The van der Waals surface area contributed by atoms with Crippen LogP contribution < -0.4 is 10.5 Å². The van der Waals surface area contributed by atoms with Crippen molar-refractivity contribution in [2.45, 2.75) is 17.0 Å². The molecule has 20 heavy (non-hydrogen) atoms. The number of para-hydroxylation sites is 1. The van der Waals surface area contributed by atoms with Gasteiger partial charge in [0.2, 0.25) is 0 Å². The second-order valence-electron chi connectivity index (χ2n) is 4.27. The number of esters is 1. The lowest BCUT2D eigenvalue weighted by Crippen LogP contribution is -2.36. The van der Waals surface area contributed by atoms with E-state index in [1.54, 1.807) is 48.5 Å². The van der Waals surface area contributed by atoms with E-state index in [1.807, 2.05) is 6.07 Å². The highest BCUT2D eigenvalue weighted by atomic mass is 32.1. The summed E-state index contributed by atoms with van der Waals surface area (Å²) in [5.41, 5.74) is 6.52. The van der Waals surface area contributed by atoms with Gasteiger partial charge in [0.15, 0.2) is 6.10 Å². The third-order valence-electron chi connectivity index (χ3n) is 2.84. The molecule has 2 aromatic rings. The topological polar surface area (TPSA) is 72.5 Å². The lowest BCUT2D eigenvalue weighted by atomic mass is 10.0. The molecule has 2 atom stereocenters. The number of carbonyl (C=O) groups is 1. The van der Waals surface area contributed by atoms with Crippen LogP contribution in [0.25, 0.3) is 0 Å². The molecule has 0 aliphatic heterocycles. The SMILES string of the molecule is N[C@H](c1ccccc1)C(O)C(=O)Oc1ccccc1S. The molecule has 0 saturated carbocycles. The Balaban J connectivity index is 2.08. The van der Waals surface area contributed by atoms with Gasteiger partial charge in [-0.05, 0) is 17.7 Å². The lowest BCUT2D eigenvalue weighted by molar-refractivity contribution is -0.145. The second-order valence-corrected chi connectivity index (χ2v) is 4.75. The number of benzene rings is 2. The average molecular weight is 289 g/mol. The maximum atomic E-state index is 11.9. The molecular formula is C15H15NO3S. The zero-order valence-electron chi connectivity index (χ0n) is 10.6. The Morgan fingerprint density at radius 3 is 2.35 bits per heavy atom. The van der Waals surface area contributed by atoms with Crippen molar-refractivity contribution in [3.8, 4) is 5.75 Å². The number of carbonyl (C=O) groups excluding carboxylic acids is 1. The smallest absolute Gasteiger partial charge is 0.342 e. The number of aliphatic hydroxyl groups is 1. The highest BCUT2D eigenvalue weighted by molar-refractivity contribution is 7.80. The standard InChI is InChI=1S/C15H15NO3S/c16-13(10-6-2-1-3-7-10)14(17)15(18)19-11-8-4-5-9-12(11)20/h1-9,13-14,17,20H,16H2/t13-,14?/m1/s1. The molecular weight excluding hydrogens is 274 g/mol. The second kappa shape index (κ2) is 6.56. The van der Waals surface area contributed by atoms with E-state index in [4.69, 9.17) is 10.5 Å². The van der Waals surface area contributed by atoms with Crippen molar-refractivity contribution in [3.05, 3.63) is 60.2 Å². The maximum absolute atomic E-state index is 11.9. The predicted molar refractivity (Wildman–Crippen MR) is 78.7 cm³/mol. The zero-order chi connectivity index (χ0) is 14.5. The molecule has 4 nitrogen and oxygen atoms in total. The van der Waals surface area contributed by atoms with Crippen LogP contribution in [0.1, 0.15) is 11.6 Å². The van der Waals surface area contributed by atoms with Gasteiger partial charge < -0.3 is 15.6 Å². The van der Waals surface area contributed by atoms with Crippen LogP contribution in [0.5, 0.6) is 5.75 Å². The van der Waals surface area contributed by atoms with Crippen LogP contribution in [-0.4, -0.2) is 17.2 Å². The Kier molecular flexibility index (Phi) is 4.79. The fraction of sp³-hybridized carbons (Fsp3) is 0.133. The molecule has 0 aliphatic carbocycles. The molecule has 2 aromatic carbocycles. The van der Waals surface area contributed by atoms with Crippen LogP contribution in [0.4, 0.5) is 0 Å². The number of thiol groups is 1. The quantitative estimate of drug-likeness (QED) is 0.457. The van der Waals surface area contributed by atoms with E-state index in [0.717, 1.165) is 0 Å². The monoisotopic (exact) mass is 289 g/mol. The van der Waals surface area contributed by atoms with Crippen LogP contribution in [0.2, 0.25) is 0 Å². The van der Waals surface area contributed by atoms with Gasteiger partial charge in [0.1, 0.15) is 5.75 Å². The molecule has 0 bridgehead atoms. The maximum Gasteiger partial charge on any atom is 0.342 e. The molecule has 1 unspecified atom stereocenters. The predicted octanol–water partition coefficient (Wildman–Crippen LogP) is 1.94. The number of ether oxygens (including phenoxy) is 1. The molecule has 5 heteroatoms. The first-order valence-electron chi connectivity index (χ1n) is 6.08.